The predicted molar refractivity (Wildman–Crippen MR) is 118 cm³/mol. The lowest BCUT2D eigenvalue weighted by molar-refractivity contribution is -0.122. The van der Waals surface area contributed by atoms with Gasteiger partial charge in [-0.15, -0.1) is 0 Å². The topological polar surface area (TPSA) is 113 Å². The Hall–Kier alpha value is -2.77. The maximum Gasteiger partial charge on any atom is 0.412 e. The summed E-state index contributed by atoms with van der Waals surface area (Å²) >= 11 is 0. The monoisotopic (exact) mass is 433 g/mol. The van der Waals surface area contributed by atoms with Crippen molar-refractivity contribution in [3.05, 3.63) is 35.0 Å². The van der Waals surface area contributed by atoms with Gasteiger partial charge in [0.25, 0.3) is 0 Å². The Morgan fingerprint density at radius 1 is 1.35 bits per heavy atom. The summed E-state index contributed by atoms with van der Waals surface area (Å²) in [4.78, 5) is 38.9. The SMILES string of the molecule is CCCCOC1=C(N(C)C(=O)O)N(CC(C)(C)C)C=C2CC(=O)C(CCC(N)=O)C=C21. The fourth-order valence-electron chi connectivity index (χ4n) is 3.72. The van der Waals surface area contributed by atoms with Crippen LogP contribution in [-0.4, -0.2) is 52.9 Å². The van der Waals surface area contributed by atoms with Gasteiger partial charge in [0.15, 0.2) is 11.6 Å². The number of fused-ring (bicyclic) bond motifs is 1. The van der Waals surface area contributed by atoms with E-state index in [0.717, 1.165) is 28.9 Å². The van der Waals surface area contributed by atoms with E-state index in [1.807, 2.05) is 17.2 Å². The van der Waals surface area contributed by atoms with Crippen LogP contribution in [0.2, 0.25) is 0 Å². The summed E-state index contributed by atoms with van der Waals surface area (Å²) < 4.78 is 6.15. The Bertz CT molecular complexity index is 820. The largest absolute Gasteiger partial charge is 0.489 e. The number of hydrogen-bond acceptors (Lipinski definition) is 5. The van der Waals surface area contributed by atoms with Crippen LogP contribution in [0.5, 0.6) is 0 Å². The highest BCUT2D eigenvalue weighted by Gasteiger charge is 2.37. The number of ether oxygens (including phenoxy) is 1. The third-order valence-corrected chi connectivity index (χ3v) is 5.22. The average molecular weight is 434 g/mol. The Labute approximate surface area is 184 Å². The minimum Gasteiger partial charge on any atom is -0.489 e. The van der Waals surface area contributed by atoms with E-state index in [9.17, 15) is 19.5 Å². The lowest BCUT2D eigenvalue weighted by Gasteiger charge is -2.40. The number of nitrogens with zero attached hydrogens (tertiary/aromatic N) is 2. The molecule has 2 aliphatic rings. The summed E-state index contributed by atoms with van der Waals surface area (Å²) in [5.41, 5.74) is 6.69. The molecule has 0 spiro atoms. The highest BCUT2D eigenvalue weighted by atomic mass is 16.5. The van der Waals surface area contributed by atoms with Gasteiger partial charge in [-0.25, -0.2) is 4.79 Å². The summed E-state index contributed by atoms with van der Waals surface area (Å²) in [5, 5.41) is 9.74. The Morgan fingerprint density at radius 3 is 2.58 bits per heavy atom. The molecule has 2 rings (SSSR count). The number of rotatable bonds is 9. The number of ketones is 1. The molecule has 3 N–H and O–H groups in total. The van der Waals surface area contributed by atoms with Crippen LogP contribution in [0.4, 0.5) is 4.79 Å². The number of carboxylic acid groups (broad SMARTS) is 1. The van der Waals surface area contributed by atoms with Crippen molar-refractivity contribution in [1.29, 1.82) is 0 Å². The molecule has 1 atom stereocenters. The molecule has 1 heterocycles. The first kappa shape index (κ1) is 24.5. The lowest BCUT2D eigenvalue weighted by atomic mass is 9.81. The van der Waals surface area contributed by atoms with Gasteiger partial charge < -0.3 is 20.5 Å². The van der Waals surface area contributed by atoms with Crippen molar-refractivity contribution in [1.82, 2.24) is 9.80 Å². The van der Waals surface area contributed by atoms with Gasteiger partial charge in [-0.05, 0) is 23.8 Å². The van der Waals surface area contributed by atoms with Crippen molar-refractivity contribution in [2.45, 2.75) is 59.8 Å². The second-order valence-corrected chi connectivity index (χ2v) is 9.37. The van der Waals surface area contributed by atoms with Crippen LogP contribution in [0.15, 0.2) is 35.0 Å². The van der Waals surface area contributed by atoms with Crippen molar-refractivity contribution in [3.8, 4) is 0 Å². The van der Waals surface area contributed by atoms with E-state index in [-0.39, 0.29) is 24.0 Å². The molecule has 0 bridgehead atoms. The molecular weight excluding hydrogens is 398 g/mol. The fourth-order valence-corrected chi connectivity index (χ4v) is 3.72. The molecule has 1 aliphatic carbocycles. The van der Waals surface area contributed by atoms with Gasteiger partial charge in [0.05, 0.1) is 6.61 Å². The zero-order valence-electron chi connectivity index (χ0n) is 19.2. The molecule has 0 fully saturated rings. The number of allylic oxidation sites excluding steroid dienone is 2. The number of unbranched alkanes of at least 4 members (excludes halogenated alkanes) is 1. The van der Waals surface area contributed by atoms with Crippen LogP contribution in [0.1, 0.15) is 59.8 Å². The number of hydrogen-bond donors (Lipinski definition) is 2. The van der Waals surface area contributed by atoms with Crippen molar-refractivity contribution in [2.24, 2.45) is 17.1 Å². The normalized spacial score (nSPS) is 18.9. The third kappa shape index (κ3) is 6.35. The first-order valence-corrected chi connectivity index (χ1v) is 10.8. The molecule has 0 radical (unpaired) electrons. The maximum atomic E-state index is 12.7. The second kappa shape index (κ2) is 10.0. The third-order valence-electron chi connectivity index (χ3n) is 5.22. The minimum absolute atomic E-state index is 0.0231. The molecule has 8 heteroatoms. The van der Waals surface area contributed by atoms with Gasteiger partial charge in [-0.3, -0.25) is 14.5 Å². The Balaban J connectivity index is 2.59. The average Bonchev–Trinajstić information content (AvgIpc) is 2.64. The van der Waals surface area contributed by atoms with Crippen LogP contribution in [0.3, 0.4) is 0 Å². The lowest BCUT2D eigenvalue weighted by Crippen LogP contribution is -2.41. The van der Waals surface area contributed by atoms with Crippen LogP contribution in [0, 0.1) is 11.3 Å². The standard InChI is InChI=1S/C23H35N3O5/c1-6-7-10-31-20-17-11-15(8-9-19(24)28)18(27)12-16(17)13-26(14-23(2,3)4)21(20)25(5)22(29)30/h11,13,15H,6-10,12,14H2,1-5H3,(H2,24,28)(H,29,30). The van der Waals surface area contributed by atoms with Gasteiger partial charge in [0, 0.05) is 44.1 Å². The van der Waals surface area contributed by atoms with E-state index >= 15 is 0 Å². The predicted octanol–water partition coefficient (Wildman–Crippen LogP) is 3.61. The molecule has 1 unspecified atom stereocenters. The van der Waals surface area contributed by atoms with Crippen molar-refractivity contribution in [2.75, 3.05) is 20.2 Å². The van der Waals surface area contributed by atoms with Gasteiger partial charge >= 0.3 is 6.09 Å². The highest BCUT2D eigenvalue weighted by Crippen LogP contribution is 2.40. The van der Waals surface area contributed by atoms with Crippen molar-refractivity contribution < 1.29 is 24.2 Å². The summed E-state index contributed by atoms with van der Waals surface area (Å²) in [6.07, 6.45) is 5.00. The molecule has 31 heavy (non-hydrogen) atoms. The number of amides is 2. The van der Waals surface area contributed by atoms with Crippen LogP contribution in [0.25, 0.3) is 0 Å². The first-order valence-electron chi connectivity index (χ1n) is 10.8. The van der Waals surface area contributed by atoms with E-state index in [1.165, 1.54) is 7.05 Å². The molecule has 0 saturated heterocycles. The fraction of sp³-hybridized carbons (Fsp3) is 0.609. The summed E-state index contributed by atoms with van der Waals surface area (Å²) in [7, 11) is 1.49. The smallest absolute Gasteiger partial charge is 0.412 e. The Morgan fingerprint density at radius 2 is 2.03 bits per heavy atom. The summed E-state index contributed by atoms with van der Waals surface area (Å²) in [6, 6.07) is 0. The number of Topliss-reactive ketones (excluding diaryl/α,β-unsaturated/α-hetero) is 1. The van der Waals surface area contributed by atoms with Gasteiger partial charge in [0.2, 0.25) is 5.91 Å². The van der Waals surface area contributed by atoms with E-state index in [4.69, 9.17) is 10.5 Å². The molecular formula is C23H35N3O5. The van der Waals surface area contributed by atoms with Crippen LogP contribution in [-0.2, 0) is 14.3 Å². The van der Waals surface area contributed by atoms with Crippen molar-refractivity contribution >= 4 is 17.8 Å². The number of carbonyl (C=O) groups excluding carboxylic acids is 2. The first-order chi connectivity index (χ1) is 14.4. The molecule has 172 valence electrons. The van der Waals surface area contributed by atoms with E-state index in [1.54, 1.807) is 0 Å². The van der Waals surface area contributed by atoms with Crippen LogP contribution < -0.4 is 5.73 Å². The molecule has 0 saturated carbocycles. The van der Waals surface area contributed by atoms with E-state index in [0.29, 0.717) is 31.2 Å². The summed E-state index contributed by atoms with van der Waals surface area (Å²) in [5.74, 6) is 0.0341. The highest BCUT2D eigenvalue weighted by molar-refractivity contribution is 5.89. The van der Waals surface area contributed by atoms with E-state index < -0.39 is 17.9 Å². The molecule has 8 nitrogen and oxygen atoms in total. The molecule has 0 aromatic carbocycles. The number of nitrogens with two attached hydrogens (primary N) is 1. The van der Waals surface area contributed by atoms with Crippen molar-refractivity contribution in [3.63, 3.8) is 0 Å². The number of carbonyl (C=O) groups is 3. The quantitative estimate of drug-likeness (QED) is 0.537. The maximum absolute atomic E-state index is 12.7. The molecule has 1 aliphatic heterocycles. The van der Waals surface area contributed by atoms with Crippen LogP contribution >= 0.6 is 0 Å². The van der Waals surface area contributed by atoms with Gasteiger partial charge in [-0.2, -0.15) is 0 Å². The zero-order chi connectivity index (χ0) is 23.3. The van der Waals surface area contributed by atoms with Gasteiger partial charge in [-0.1, -0.05) is 40.2 Å². The second-order valence-electron chi connectivity index (χ2n) is 9.37. The molecule has 0 aromatic rings. The summed E-state index contributed by atoms with van der Waals surface area (Å²) in [6.45, 7) is 9.25. The molecule has 2 amide bonds. The number of primary amides is 1. The van der Waals surface area contributed by atoms with E-state index in [2.05, 4.69) is 27.7 Å². The Kier molecular flexibility index (Phi) is 7.92. The van der Waals surface area contributed by atoms with Gasteiger partial charge in [0.1, 0.15) is 5.78 Å². The molecule has 0 aromatic heterocycles. The minimum atomic E-state index is -1.10. The zero-order valence-corrected chi connectivity index (χ0v) is 19.2.